The number of ether oxygens (including phenoxy) is 1. The first kappa shape index (κ1) is 18.7. The van der Waals surface area contributed by atoms with E-state index in [1.54, 1.807) is 0 Å². The molecule has 4 rings (SSSR count). The van der Waals surface area contributed by atoms with Crippen molar-refractivity contribution in [2.24, 2.45) is 0 Å². The average Bonchev–Trinajstić information content (AvgIpc) is 3.15. The number of fused-ring (bicyclic) bond motifs is 1. The fraction of sp³-hybridized carbons (Fsp3) is 0.167. The van der Waals surface area contributed by atoms with Crippen LogP contribution in [0, 0.1) is 6.92 Å². The number of rotatable bonds is 7. The highest BCUT2D eigenvalue weighted by atomic mass is 16.5. The van der Waals surface area contributed by atoms with Crippen molar-refractivity contribution in [1.29, 1.82) is 0 Å². The summed E-state index contributed by atoms with van der Waals surface area (Å²) in [5, 5.41) is 2.94. The monoisotopic (exact) mass is 385 g/mol. The van der Waals surface area contributed by atoms with Crippen molar-refractivity contribution >= 4 is 17.2 Å². The number of nitrogens with one attached hydrogen (secondary N) is 1. The molecule has 0 aliphatic carbocycles. The van der Waals surface area contributed by atoms with Crippen molar-refractivity contribution in [3.63, 3.8) is 0 Å². The number of carbonyl (C=O) groups excluding carboxylic acids is 1. The second-order valence-corrected chi connectivity index (χ2v) is 7.05. The van der Waals surface area contributed by atoms with E-state index in [9.17, 15) is 4.79 Å². The summed E-state index contributed by atoms with van der Waals surface area (Å²) in [7, 11) is 0. The van der Waals surface area contributed by atoms with Gasteiger partial charge in [-0.3, -0.25) is 4.79 Å². The van der Waals surface area contributed by atoms with Gasteiger partial charge in [0.05, 0.1) is 5.69 Å². The van der Waals surface area contributed by atoms with E-state index in [2.05, 4.69) is 41.5 Å². The molecule has 146 valence electrons. The molecule has 0 saturated carbocycles. The number of nitrogens with zero attached hydrogens (tertiary/aromatic N) is 2. The summed E-state index contributed by atoms with van der Waals surface area (Å²) < 4.78 is 7.82. The zero-order valence-corrected chi connectivity index (χ0v) is 16.3. The lowest BCUT2D eigenvalue weighted by Gasteiger charge is -2.09. The van der Waals surface area contributed by atoms with Crippen molar-refractivity contribution in [3.8, 4) is 5.75 Å². The van der Waals surface area contributed by atoms with Crippen LogP contribution in [0.1, 0.15) is 23.2 Å². The van der Waals surface area contributed by atoms with Crippen molar-refractivity contribution in [3.05, 3.63) is 95.9 Å². The molecule has 0 spiro atoms. The highest BCUT2D eigenvalue weighted by Gasteiger charge is 2.06. The summed E-state index contributed by atoms with van der Waals surface area (Å²) in [5.74, 6) is 0.682. The quantitative estimate of drug-likeness (QED) is 0.497. The van der Waals surface area contributed by atoms with Gasteiger partial charge in [-0.05, 0) is 43.2 Å². The van der Waals surface area contributed by atoms with Crippen LogP contribution in [0.4, 0.5) is 5.69 Å². The smallest absolute Gasteiger partial charge is 0.224 e. The Morgan fingerprint density at radius 3 is 2.76 bits per heavy atom. The Morgan fingerprint density at radius 1 is 1.07 bits per heavy atom. The van der Waals surface area contributed by atoms with Gasteiger partial charge in [0, 0.05) is 30.6 Å². The van der Waals surface area contributed by atoms with Crippen LogP contribution in [0.5, 0.6) is 5.75 Å². The SMILES string of the molecule is Cc1ccc(CCC(=O)Nc2cccc(OCc3cn4ccccc4n3)c2)cc1. The first-order valence-electron chi connectivity index (χ1n) is 9.66. The van der Waals surface area contributed by atoms with E-state index >= 15 is 0 Å². The number of amides is 1. The van der Waals surface area contributed by atoms with Crippen molar-refractivity contribution in [1.82, 2.24) is 9.38 Å². The number of pyridine rings is 1. The molecule has 2 aromatic carbocycles. The fourth-order valence-electron chi connectivity index (χ4n) is 3.11. The molecule has 0 atom stereocenters. The van der Waals surface area contributed by atoms with E-state index in [4.69, 9.17) is 4.74 Å². The molecule has 2 aromatic heterocycles. The Kier molecular flexibility index (Phi) is 5.56. The minimum absolute atomic E-state index is 0.0110. The summed E-state index contributed by atoms with van der Waals surface area (Å²) in [6.07, 6.45) is 5.07. The number of hydrogen-bond donors (Lipinski definition) is 1. The maximum absolute atomic E-state index is 12.3. The Balaban J connectivity index is 1.31. The summed E-state index contributed by atoms with van der Waals surface area (Å²) in [6, 6.07) is 21.6. The number of imidazole rings is 1. The molecule has 1 N–H and O–H groups in total. The predicted molar refractivity (Wildman–Crippen MR) is 114 cm³/mol. The number of aromatic nitrogens is 2. The molecule has 0 aliphatic rings. The molecule has 0 aliphatic heterocycles. The molecule has 5 heteroatoms. The number of anilines is 1. The Hall–Kier alpha value is -3.60. The average molecular weight is 385 g/mol. The Bertz CT molecular complexity index is 1080. The lowest BCUT2D eigenvalue weighted by molar-refractivity contribution is -0.116. The number of hydrogen-bond acceptors (Lipinski definition) is 3. The molecule has 29 heavy (non-hydrogen) atoms. The van der Waals surface area contributed by atoms with Crippen LogP contribution in [0.3, 0.4) is 0 Å². The third-order valence-corrected chi connectivity index (χ3v) is 4.68. The third kappa shape index (κ3) is 5.02. The maximum Gasteiger partial charge on any atom is 0.224 e. The van der Waals surface area contributed by atoms with Gasteiger partial charge in [0.25, 0.3) is 0 Å². The van der Waals surface area contributed by atoms with Gasteiger partial charge >= 0.3 is 0 Å². The highest BCUT2D eigenvalue weighted by Crippen LogP contribution is 2.19. The predicted octanol–water partition coefficient (Wildman–Crippen LogP) is 4.79. The van der Waals surface area contributed by atoms with Gasteiger partial charge in [0.2, 0.25) is 5.91 Å². The van der Waals surface area contributed by atoms with Gasteiger partial charge in [-0.15, -0.1) is 0 Å². The Labute approximate surface area is 170 Å². The Morgan fingerprint density at radius 2 is 1.93 bits per heavy atom. The standard InChI is InChI=1S/C24H23N3O2/c1-18-8-10-19(11-9-18)12-13-24(28)26-20-5-4-6-22(15-20)29-17-21-16-27-14-3-2-7-23(27)25-21/h2-11,14-16H,12-13,17H2,1H3,(H,26,28). The molecular formula is C24H23N3O2. The number of carbonyl (C=O) groups is 1. The van der Waals surface area contributed by atoms with Gasteiger partial charge in [-0.2, -0.15) is 0 Å². The van der Waals surface area contributed by atoms with Crippen molar-refractivity contribution < 1.29 is 9.53 Å². The molecule has 0 fully saturated rings. The van der Waals surface area contributed by atoms with E-state index in [1.807, 2.05) is 59.3 Å². The van der Waals surface area contributed by atoms with Crippen LogP contribution in [0.25, 0.3) is 5.65 Å². The van der Waals surface area contributed by atoms with Gasteiger partial charge in [0.1, 0.15) is 18.0 Å². The highest BCUT2D eigenvalue weighted by molar-refractivity contribution is 5.91. The van der Waals surface area contributed by atoms with Crippen LogP contribution in [-0.2, 0) is 17.8 Å². The minimum atomic E-state index is -0.0110. The van der Waals surface area contributed by atoms with E-state index in [-0.39, 0.29) is 5.91 Å². The molecule has 4 aromatic rings. The van der Waals surface area contributed by atoms with E-state index in [0.29, 0.717) is 18.8 Å². The first-order chi connectivity index (χ1) is 14.2. The third-order valence-electron chi connectivity index (χ3n) is 4.68. The second kappa shape index (κ2) is 8.61. The van der Waals surface area contributed by atoms with E-state index in [1.165, 1.54) is 5.56 Å². The fourth-order valence-corrected chi connectivity index (χ4v) is 3.11. The van der Waals surface area contributed by atoms with Crippen LogP contribution < -0.4 is 10.1 Å². The molecule has 2 heterocycles. The second-order valence-electron chi connectivity index (χ2n) is 7.05. The van der Waals surface area contributed by atoms with Crippen LogP contribution in [0.2, 0.25) is 0 Å². The first-order valence-corrected chi connectivity index (χ1v) is 9.66. The molecule has 0 saturated heterocycles. The number of aryl methyl sites for hydroxylation is 2. The largest absolute Gasteiger partial charge is 0.487 e. The topological polar surface area (TPSA) is 55.6 Å². The van der Waals surface area contributed by atoms with Gasteiger partial charge in [0.15, 0.2) is 0 Å². The lowest BCUT2D eigenvalue weighted by atomic mass is 10.1. The summed E-state index contributed by atoms with van der Waals surface area (Å²) in [6.45, 7) is 2.42. The minimum Gasteiger partial charge on any atom is -0.487 e. The maximum atomic E-state index is 12.3. The molecule has 0 unspecified atom stereocenters. The van der Waals surface area contributed by atoms with Gasteiger partial charge in [-0.25, -0.2) is 4.98 Å². The van der Waals surface area contributed by atoms with Gasteiger partial charge in [-0.1, -0.05) is 42.0 Å². The number of benzene rings is 2. The van der Waals surface area contributed by atoms with E-state index in [0.717, 1.165) is 29.0 Å². The molecule has 0 radical (unpaired) electrons. The van der Waals surface area contributed by atoms with Crippen LogP contribution >= 0.6 is 0 Å². The van der Waals surface area contributed by atoms with Crippen LogP contribution in [0.15, 0.2) is 79.1 Å². The van der Waals surface area contributed by atoms with Crippen molar-refractivity contribution in [2.45, 2.75) is 26.4 Å². The molecular weight excluding hydrogens is 362 g/mol. The van der Waals surface area contributed by atoms with Gasteiger partial charge < -0.3 is 14.5 Å². The summed E-state index contributed by atoms with van der Waals surface area (Å²) in [4.78, 5) is 16.8. The summed E-state index contributed by atoms with van der Waals surface area (Å²) >= 11 is 0. The molecule has 1 amide bonds. The van der Waals surface area contributed by atoms with Crippen molar-refractivity contribution in [2.75, 3.05) is 5.32 Å². The van der Waals surface area contributed by atoms with E-state index < -0.39 is 0 Å². The zero-order valence-electron chi connectivity index (χ0n) is 16.3. The van der Waals surface area contributed by atoms with Crippen LogP contribution in [-0.4, -0.2) is 15.3 Å². The summed E-state index contributed by atoms with van der Waals surface area (Å²) in [5.41, 5.74) is 4.85. The molecule has 5 nitrogen and oxygen atoms in total. The zero-order chi connectivity index (χ0) is 20.1. The molecule has 0 bridgehead atoms. The lowest BCUT2D eigenvalue weighted by Crippen LogP contribution is -2.12. The normalized spacial score (nSPS) is 10.8.